The topological polar surface area (TPSA) is 128 Å². The first-order valence-electron chi connectivity index (χ1n) is 15.3. The molecule has 2 atom stereocenters. The van der Waals surface area contributed by atoms with Crippen molar-refractivity contribution in [3.05, 3.63) is 149 Å². The highest BCUT2D eigenvalue weighted by Crippen LogP contribution is 2.41. The van der Waals surface area contributed by atoms with Gasteiger partial charge >= 0.3 is 0 Å². The van der Waals surface area contributed by atoms with Crippen molar-refractivity contribution in [2.75, 3.05) is 33.9 Å². The highest BCUT2D eigenvalue weighted by Gasteiger charge is 2.26. The van der Waals surface area contributed by atoms with Gasteiger partial charge in [0, 0.05) is 27.6 Å². The number of hydrogen-bond donors (Lipinski definition) is 5. The van der Waals surface area contributed by atoms with Gasteiger partial charge in [-0.05, 0) is 62.2 Å². The van der Waals surface area contributed by atoms with Crippen LogP contribution in [0.3, 0.4) is 0 Å². The number of nitrogens with zero attached hydrogens (tertiary/aromatic N) is 2. The van der Waals surface area contributed by atoms with E-state index in [0.29, 0.717) is 17.0 Å². The van der Waals surface area contributed by atoms with E-state index < -0.39 is 5.91 Å². The van der Waals surface area contributed by atoms with Gasteiger partial charge in [-0.25, -0.2) is 5.84 Å². The Labute approximate surface area is 275 Å². The average Bonchev–Trinajstić information content (AvgIpc) is 3.08. The fourth-order valence-electron chi connectivity index (χ4n) is 6.26. The van der Waals surface area contributed by atoms with Gasteiger partial charge in [0.25, 0.3) is 5.91 Å². The number of nitrogen functional groups attached to an aromatic ring is 2. The molecule has 7 N–H and O–H groups in total. The van der Waals surface area contributed by atoms with Gasteiger partial charge in [-0.2, -0.15) is 0 Å². The lowest BCUT2D eigenvalue weighted by Gasteiger charge is -2.28. The maximum absolute atomic E-state index is 12.1. The van der Waals surface area contributed by atoms with Crippen LogP contribution in [-0.2, 0) is 0 Å². The molecule has 0 saturated heterocycles. The normalized spacial score (nSPS) is 12.5. The predicted molar refractivity (Wildman–Crippen MR) is 191 cm³/mol. The molecule has 0 heterocycles. The van der Waals surface area contributed by atoms with Crippen molar-refractivity contribution in [3.63, 3.8) is 0 Å². The van der Waals surface area contributed by atoms with Crippen LogP contribution in [0, 0.1) is 0 Å². The van der Waals surface area contributed by atoms with Gasteiger partial charge in [-0.1, -0.05) is 109 Å². The van der Waals surface area contributed by atoms with Crippen LogP contribution in [0.4, 0.5) is 5.69 Å². The van der Waals surface area contributed by atoms with E-state index in [1.54, 1.807) is 6.07 Å². The quantitative estimate of drug-likeness (QED) is 0.0445. The van der Waals surface area contributed by atoms with Crippen LogP contribution in [0.2, 0.25) is 0 Å². The number of hydrogen-bond acceptors (Lipinski definition) is 7. The third kappa shape index (κ3) is 6.76. The first kappa shape index (κ1) is 33.0. The second-order valence-corrected chi connectivity index (χ2v) is 11.9. The zero-order chi connectivity index (χ0) is 33.7. The standard InChI is InChI=1S/C20H21N3O2.C19H20N2O/c1-23(2)18(13-8-4-3-5-9-13)17-15-11-7-6-10-14(15)12-16(19(17)24)20(25)22-21;1-21(2)18(13-8-4-3-5-9-13)16-12-17(20)14-10-6-7-11-15(14)19(16)22/h3-12,18,24H,21H2,1-2H3,(H,22,25);3-12,18,22H,20H2,1-2H3. The Hall–Kier alpha value is -5.41. The molecule has 6 rings (SSSR count). The monoisotopic (exact) mass is 627 g/mol. The smallest absolute Gasteiger partial charge is 0.268 e. The number of hydrazine groups is 1. The molecule has 8 heteroatoms. The summed E-state index contributed by atoms with van der Waals surface area (Å²) >= 11 is 0. The van der Waals surface area contributed by atoms with Crippen LogP contribution in [0.1, 0.15) is 44.7 Å². The molecule has 0 aliphatic carbocycles. The van der Waals surface area contributed by atoms with Gasteiger partial charge in [0.15, 0.2) is 0 Å². The van der Waals surface area contributed by atoms with E-state index in [1.165, 1.54) is 0 Å². The number of phenolic OH excluding ortho intramolecular Hbond substituents is 2. The SMILES string of the molecule is CN(C)C(c1ccccc1)c1c(O)c(C(=O)NN)cc2ccccc12.CN(C)C(c1ccccc1)c1cc(N)c2ccccc2c1O. The zero-order valence-corrected chi connectivity index (χ0v) is 27.1. The van der Waals surface area contributed by atoms with E-state index in [1.807, 2.05) is 136 Å². The highest BCUT2D eigenvalue weighted by molar-refractivity contribution is 6.03. The van der Waals surface area contributed by atoms with Gasteiger partial charge in [0.2, 0.25) is 0 Å². The molecule has 6 aromatic rings. The number of nitrogens with two attached hydrogens (primary N) is 2. The summed E-state index contributed by atoms with van der Waals surface area (Å²) in [7, 11) is 7.90. The molecular formula is C39H41N5O3. The van der Waals surface area contributed by atoms with E-state index >= 15 is 0 Å². The van der Waals surface area contributed by atoms with E-state index in [2.05, 4.69) is 22.5 Å². The number of carbonyl (C=O) groups is 1. The molecule has 1 amide bonds. The van der Waals surface area contributed by atoms with Crippen molar-refractivity contribution in [3.8, 4) is 11.5 Å². The fourth-order valence-corrected chi connectivity index (χ4v) is 6.26. The van der Waals surface area contributed by atoms with Crippen LogP contribution in [0.5, 0.6) is 11.5 Å². The van der Waals surface area contributed by atoms with Crippen LogP contribution < -0.4 is 17.0 Å². The maximum Gasteiger partial charge on any atom is 0.268 e. The Morgan fingerprint density at radius 1 is 0.638 bits per heavy atom. The number of nitrogens with one attached hydrogen (secondary N) is 1. The molecule has 240 valence electrons. The second-order valence-electron chi connectivity index (χ2n) is 11.9. The van der Waals surface area contributed by atoms with Crippen molar-refractivity contribution < 1.29 is 15.0 Å². The molecule has 0 aliphatic heterocycles. The van der Waals surface area contributed by atoms with E-state index in [0.717, 1.165) is 38.2 Å². The minimum atomic E-state index is -0.518. The summed E-state index contributed by atoms with van der Waals surface area (Å²) in [4.78, 5) is 16.2. The Morgan fingerprint density at radius 2 is 1.13 bits per heavy atom. The number of benzene rings is 6. The molecule has 0 bridgehead atoms. The average molecular weight is 628 g/mol. The van der Waals surface area contributed by atoms with Crippen LogP contribution >= 0.6 is 0 Å². The number of rotatable bonds is 7. The van der Waals surface area contributed by atoms with Gasteiger partial charge < -0.3 is 15.9 Å². The molecule has 0 aromatic heterocycles. The Kier molecular flexibility index (Phi) is 10.1. The molecule has 2 unspecified atom stereocenters. The largest absolute Gasteiger partial charge is 0.507 e. The van der Waals surface area contributed by atoms with Gasteiger partial charge in [0.05, 0.1) is 17.6 Å². The lowest BCUT2D eigenvalue weighted by molar-refractivity contribution is 0.0950. The summed E-state index contributed by atoms with van der Waals surface area (Å²) in [6.45, 7) is 0. The number of phenols is 2. The second kappa shape index (κ2) is 14.3. The van der Waals surface area contributed by atoms with Crippen LogP contribution in [-0.4, -0.2) is 54.1 Å². The number of aromatic hydroxyl groups is 2. The highest BCUT2D eigenvalue weighted by atomic mass is 16.3. The van der Waals surface area contributed by atoms with E-state index in [9.17, 15) is 15.0 Å². The Morgan fingerprint density at radius 3 is 1.68 bits per heavy atom. The molecule has 0 fully saturated rings. The summed E-state index contributed by atoms with van der Waals surface area (Å²) in [5.41, 5.74) is 12.8. The Bertz CT molecular complexity index is 2000. The van der Waals surface area contributed by atoms with E-state index in [4.69, 9.17) is 11.6 Å². The van der Waals surface area contributed by atoms with Crippen molar-refractivity contribution >= 4 is 33.1 Å². The van der Waals surface area contributed by atoms with Crippen LogP contribution in [0.25, 0.3) is 21.5 Å². The molecular weight excluding hydrogens is 586 g/mol. The summed E-state index contributed by atoms with van der Waals surface area (Å²) in [6, 6.07) is 38.7. The molecule has 8 nitrogen and oxygen atoms in total. The lowest BCUT2D eigenvalue weighted by Crippen LogP contribution is -2.30. The minimum Gasteiger partial charge on any atom is -0.507 e. The Balaban J connectivity index is 0.000000186. The van der Waals surface area contributed by atoms with Crippen LogP contribution in [0.15, 0.2) is 121 Å². The predicted octanol–water partition coefficient (Wildman–Crippen LogP) is 6.58. The molecule has 0 radical (unpaired) electrons. The fraction of sp³-hybridized carbons (Fsp3) is 0.154. The number of amides is 1. The molecule has 6 aromatic carbocycles. The van der Waals surface area contributed by atoms with Gasteiger partial charge in [0.1, 0.15) is 11.5 Å². The van der Waals surface area contributed by atoms with Crippen molar-refractivity contribution in [2.45, 2.75) is 12.1 Å². The first-order valence-corrected chi connectivity index (χ1v) is 15.3. The maximum atomic E-state index is 12.1. The van der Waals surface area contributed by atoms with Gasteiger partial charge in [-0.15, -0.1) is 0 Å². The molecule has 0 spiro atoms. The minimum absolute atomic E-state index is 0.0480. The third-order valence-electron chi connectivity index (χ3n) is 8.35. The number of anilines is 1. The summed E-state index contributed by atoms with van der Waals surface area (Å²) in [5, 5.41) is 25.1. The van der Waals surface area contributed by atoms with Crippen molar-refractivity contribution in [1.29, 1.82) is 0 Å². The first-order chi connectivity index (χ1) is 22.6. The summed E-state index contributed by atoms with van der Waals surface area (Å²) in [5.74, 6) is 5.02. The zero-order valence-electron chi connectivity index (χ0n) is 27.1. The molecule has 47 heavy (non-hydrogen) atoms. The van der Waals surface area contributed by atoms with Crippen molar-refractivity contribution in [1.82, 2.24) is 15.2 Å². The van der Waals surface area contributed by atoms with Gasteiger partial charge in [-0.3, -0.25) is 20.0 Å². The number of carbonyl (C=O) groups excluding carboxylic acids is 1. The summed E-state index contributed by atoms with van der Waals surface area (Å²) < 4.78 is 0. The number of fused-ring (bicyclic) bond motifs is 2. The third-order valence-corrected chi connectivity index (χ3v) is 8.35. The van der Waals surface area contributed by atoms with Crippen molar-refractivity contribution in [2.24, 2.45) is 5.84 Å². The summed E-state index contributed by atoms with van der Waals surface area (Å²) in [6.07, 6.45) is 0. The molecule has 0 aliphatic rings. The van der Waals surface area contributed by atoms with E-state index in [-0.39, 0.29) is 23.4 Å². The lowest BCUT2D eigenvalue weighted by atomic mass is 9.90. The molecule has 0 saturated carbocycles.